The van der Waals surface area contributed by atoms with E-state index in [1.807, 2.05) is 18.2 Å². The van der Waals surface area contributed by atoms with Gasteiger partial charge in [-0.3, -0.25) is 9.59 Å². The topological polar surface area (TPSA) is 81.9 Å². The van der Waals surface area contributed by atoms with Crippen molar-refractivity contribution in [2.24, 2.45) is 5.84 Å². The van der Waals surface area contributed by atoms with Gasteiger partial charge in [0.15, 0.2) is 6.79 Å². The number of hydrogen-bond acceptors (Lipinski definition) is 5. The third kappa shape index (κ3) is 3.45. The number of carbonyl (C=O) groups excluding carboxylic acids is 2. The molecule has 2 N–H and O–H groups in total. The number of amides is 2. The Morgan fingerprint density at radius 3 is 2.67 bits per heavy atom. The predicted octanol–water partition coefficient (Wildman–Crippen LogP) is 2.03. The van der Waals surface area contributed by atoms with Gasteiger partial charge in [-0.2, -0.15) is 0 Å². The van der Waals surface area contributed by atoms with Crippen molar-refractivity contribution in [1.29, 1.82) is 0 Å². The molecule has 0 aliphatic carbocycles. The molecule has 0 fully saturated rings. The summed E-state index contributed by atoms with van der Waals surface area (Å²) in [7, 11) is 0. The molecule has 0 radical (unpaired) electrons. The van der Waals surface area contributed by atoms with Gasteiger partial charge in [-0.1, -0.05) is 30.3 Å². The Morgan fingerprint density at radius 1 is 1.08 bits per heavy atom. The fourth-order valence-corrected chi connectivity index (χ4v) is 2.59. The van der Waals surface area contributed by atoms with E-state index in [1.54, 1.807) is 30.3 Å². The van der Waals surface area contributed by atoms with Crippen LogP contribution in [-0.2, 0) is 22.6 Å². The molecule has 1 aliphatic heterocycles. The summed E-state index contributed by atoms with van der Waals surface area (Å²) in [5, 5.41) is 0.678. The highest BCUT2D eigenvalue weighted by atomic mass is 16.7. The van der Waals surface area contributed by atoms with Gasteiger partial charge in [-0.05, 0) is 30.2 Å². The van der Waals surface area contributed by atoms with Crippen molar-refractivity contribution in [2.45, 2.75) is 19.4 Å². The van der Waals surface area contributed by atoms with Gasteiger partial charge in [0.2, 0.25) is 5.91 Å². The van der Waals surface area contributed by atoms with E-state index in [2.05, 4.69) is 0 Å². The Balaban J connectivity index is 1.64. The minimum Gasteiger partial charge on any atom is -0.467 e. The zero-order valence-electron chi connectivity index (χ0n) is 13.1. The minimum atomic E-state index is -0.512. The maximum atomic E-state index is 12.2. The number of imide groups is 1. The Bertz CT molecular complexity index is 746. The van der Waals surface area contributed by atoms with E-state index < -0.39 is 11.8 Å². The molecular formula is C18H18N2O4. The summed E-state index contributed by atoms with van der Waals surface area (Å²) in [6.45, 7) is 0.687. The van der Waals surface area contributed by atoms with Crippen LogP contribution in [0, 0.1) is 0 Å². The number of fused-ring (bicyclic) bond motifs is 1. The quantitative estimate of drug-likeness (QED) is 0.528. The van der Waals surface area contributed by atoms with Gasteiger partial charge in [0.05, 0.1) is 6.61 Å². The van der Waals surface area contributed by atoms with Crippen molar-refractivity contribution in [1.82, 2.24) is 5.01 Å². The van der Waals surface area contributed by atoms with Crippen LogP contribution in [0.25, 0.3) is 0 Å². The molecule has 124 valence electrons. The molecular weight excluding hydrogens is 308 g/mol. The first-order valence-electron chi connectivity index (χ1n) is 7.65. The lowest BCUT2D eigenvalue weighted by atomic mass is 10.0. The van der Waals surface area contributed by atoms with Crippen LogP contribution in [0.3, 0.4) is 0 Å². The Morgan fingerprint density at radius 2 is 1.88 bits per heavy atom. The van der Waals surface area contributed by atoms with Gasteiger partial charge in [-0.15, -0.1) is 0 Å². The van der Waals surface area contributed by atoms with Gasteiger partial charge in [0, 0.05) is 17.5 Å². The highest BCUT2D eigenvalue weighted by Gasteiger charge is 2.20. The van der Waals surface area contributed by atoms with Crippen molar-refractivity contribution in [3.8, 4) is 5.75 Å². The molecule has 0 saturated heterocycles. The second-order valence-electron chi connectivity index (χ2n) is 5.44. The Kier molecular flexibility index (Phi) is 4.88. The van der Waals surface area contributed by atoms with Crippen LogP contribution in [0.4, 0.5) is 0 Å². The average molecular weight is 326 g/mol. The molecule has 0 aromatic heterocycles. The number of ether oxygens (including phenoxy) is 2. The van der Waals surface area contributed by atoms with Gasteiger partial charge >= 0.3 is 0 Å². The van der Waals surface area contributed by atoms with Crippen LogP contribution >= 0.6 is 0 Å². The van der Waals surface area contributed by atoms with E-state index in [-0.39, 0.29) is 13.2 Å². The van der Waals surface area contributed by atoms with E-state index in [9.17, 15) is 9.59 Å². The zero-order valence-corrected chi connectivity index (χ0v) is 13.1. The molecule has 1 aliphatic rings. The van der Waals surface area contributed by atoms with Gasteiger partial charge in [-0.25, -0.2) is 10.9 Å². The first-order valence-corrected chi connectivity index (χ1v) is 7.65. The first kappa shape index (κ1) is 16.2. The zero-order chi connectivity index (χ0) is 16.9. The first-order chi connectivity index (χ1) is 11.7. The monoisotopic (exact) mass is 326 g/mol. The number of carbonyl (C=O) groups is 2. The summed E-state index contributed by atoms with van der Waals surface area (Å²) >= 11 is 0. The summed E-state index contributed by atoms with van der Waals surface area (Å²) in [4.78, 5) is 24.4. The Hall–Kier alpha value is -2.70. The van der Waals surface area contributed by atoms with Crippen LogP contribution in [0.15, 0.2) is 48.5 Å². The van der Waals surface area contributed by atoms with Crippen molar-refractivity contribution >= 4 is 11.8 Å². The fourth-order valence-electron chi connectivity index (χ4n) is 2.59. The molecule has 6 nitrogen and oxygen atoms in total. The average Bonchev–Trinajstić information content (AvgIpc) is 2.65. The molecule has 2 amide bonds. The number of hydrazine groups is 1. The SMILES string of the molecule is NN(C(=O)CCc1cccc2c1COCO2)C(=O)c1ccccc1. The second-order valence-corrected chi connectivity index (χ2v) is 5.44. The molecule has 3 rings (SSSR count). The molecule has 0 atom stereocenters. The van der Waals surface area contributed by atoms with E-state index in [1.165, 1.54) is 0 Å². The lowest BCUT2D eigenvalue weighted by Gasteiger charge is -2.20. The van der Waals surface area contributed by atoms with Crippen LogP contribution in [0.2, 0.25) is 0 Å². The van der Waals surface area contributed by atoms with Crippen LogP contribution in [0.5, 0.6) is 5.75 Å². The molecule has 2 aromatic carbocycles. The molecule has 2 aromatic rings. The molecule has 0 spiro atoms. The van der Waals surface area contributed by atoms with E-state index in [0.29, 0.717) is 23.6 Å². The third-order valence-corrected chi connectivity index (χ3v) is 3.89. The highest BCUT2D eigenvalue weighted by molar-refractivity contribution is 6.04. The second kappa shape index (κ2) is 7.25. The van der Waals surface area contributed by atoms with Crippen molar-refractivity contribution < 1.29 is 19.1 Å². The van der Waals surface area contributed by atoms with Crippen LogP contribution in [-0.4, -0.2) is 23.6 Å². The van der Waals surface area contributed by atoms with E-state index >= 15 is 0 Å². The van der Waals surface area contributed by atoms with Gasteiger partial charge in [0.1, 0.15) is 5.75 Å². The molecule has 6 heteroatoms. The van der Waals surface area contributed by atoms with Crippen molar-refractivity contribution in [2.75, 3.05) is 6.79 Å². The minimum absolute atomic E-state index is 0.130. The highest BCUT2D eigenvalue weighted by Crippen LogP contribution is 2.27. The molecule has 0 unspecified atom stereocenters. The fraction of sp³-hybridized carbons (Fsp3) is 0.222. The Labute approximate surface area is 139 Å². The summed E-state index contributed by atoms with van der Waals surface area (Å²) in [6.07, 6.45) is 0.593. The number of hydrogen-bond donors (Lipinski definition) is 1. The summed E-state index contributed by atoms with van der Waals surface area (Å²) < 4.78 is 10.7. The standard InChI is InChI=1S/C18H18N2O4/c19-20(18(22)14-5-2-1-3-6-14)17(21)10-9-13-7-4-8-16-15(13)11-23-12-24-16/h1-8H,9-12,19H2. The van der Waals surface area contributed by atoms with Crippen LogP contribution < -0.4 is 10.6 Å². The normalized spacial score (nSPS) is 12.9. The molecule has 24 heavy (non-hydrogen) atoms. The maximum absolute atomic E-state index is 12.2. The van der Waals surface area contributed by atoms with Crippen molar-refractivity contribution in [3.05, 3.63) is 65.2 Å². The van der Waals surface area contributed by atoms with Crippen molar-refractivity contribution in [3.63, 3.8) is 0 Å². The van der Waals surface area contributed by atoms with E-state index in [0.717, 1.165) is 16.9 Å². The lowest BCUT2D eigenvalue weighted by Crippen LogP contribution is -2.42. The summed E-state index contributed by atoms with van der Waals surface area (Å²) in [5.74, 6) is 5.51. The van der Waals surface area contributed by atoms with E-state index in [4.69, 9.17) is 15.3 Å². The number of aryl methyl sites for hydroxylation is 1. The predicted molar refractivity (Wildman–Crippen MR) is 86.9 cm³/mol. The van der Waals surface area contributed by atoms with Gasteiger partial charge < -0.3 is 9.47 Å². The maximum Gasteiger partial charge on any atom is 0.274 e. The smallest absolute Gasteiger partial charge is 0.274 e. The molecule has 1 heterocycles. The third-order valence-electron chi connectivity index (χ3n) is 3.89. The summed E-state index contributed by atoms with van der Waals surface area (Å²) in [5.41, 5.74) is 2.28. The summed E-state index contributed by atoms with van der Waals surface area (Å²) in [6, 6.07) is 14.2. The lowest BCUT2D eigenvalue weighted by molar-refractivity contribution is -0.128. The largest absolute Gasteiger partial charge is 0.467 e. The molecule has 0 saturated carbocycles. The molecule has 0 bridgehead atoms. The number of nitrogens with two attached hydrogens (primary N) is 1. The number of rotatable bonds is 4. The number of nitrogens with zero attached hydrogens (tertiary/aromatic N) is 1. The number of benzene rings is 2. The van der Waals surface area contributed by atoms with Gasteiger partial charge in [0.25, 0.3) is 5.91 Å². The van der Waals surface area contributed by atoms with Crippen LogP contribution in [0.1, 0.15) is 27.9 Å².